The lowest BCUT2D eigenvalue weighted by Crippen LogP contribution is -2.43. The average Bonchev–Trinajstić information content (AvgIpc) is 2.35. The second-order valence-electron chi connectivity index (χ2n) is 4.27. The van der Waals surface area contributed by atoms with Gasteiger partial charge in [-0.1, -0.05) is 19.1 Å². The predicted molar refractivity (Wildman–Crippen MR) is 74.1 cm³/mol. The van der Waals surface area contributed by atoms with Crippen LogP contribution >= 0.6 is 0 Å². The van der Waals surface area contributed by atoms with Crippen LogP contribution in [0.5, 0.6) is 0 Å². The number of hydrogen-bond acceptors (Lipinski definition) is 2. The first-order chi connectivity index (χ1) is 8.08. The van der Waals surface area contributed by atoms with E-state index in [1.165, 1.54) is 5.56 Å². The third-order valence-corrected chi connectivity index (χ3v) is 2.56. The fourth-order valence-corrected chi connectivity index (χ4v) is 1.54. The highest BCUT2D eigenvalue weighted by Crippen LogP contribution is 2.14. The van der Waals surface area contributed by atoms with E-state index >= 15 is 0 Å². The van der Waals surface area contributed by atoms with Crippen LogP contribution in [0.2, 0.25) is 0 Å². The maximum absolute atomic E-state index is 5.49. The normalized spacial score (nSPS) is 11.8. The van der Waals surface area contributed by atoms with Crippen molar-refractivity contribution in [1.82, 2.24) is 5.43 Å². The number of aliphatic imine (C=N–C) groups is 1. The Hall–Kier alpha value is -1.55. The van der Waals surface area contributed by atoms with Gasteiger partial charge in [0.1, 0.15) is 0 Å². The fraction of sp³-hybridized carbons (Fsp3) is 0.462. The molecule has 0 atom stereocenters. The van der Waals surface area contributed by atoms with Gasteiger partial charge in [-0.3, -0.25) is 5.43 Å². The first-order valence-electron chi connectivity index (χ1n) is 5.95. The zero-order valence-electron chi connectivity index (χ0n) is 11.1. The zero-order chi connectivity index (χ0) is 12.8. The first-order valence-corrected chi connectivity index (χ1v) is 5.95. The van der Waals surface area contributed by atoms with Crippen LogP contribution in [0.3, 0.4) is 0 Å². The Bertz CT molecular complexity index is 368. The third-order valence-electron chi connectivity index (χ3n) is 2.56. The van der Waals surface area contributed by atoms with Crippen LogP contribution in [-0.4, -0.2) is 19.0 Å². The molecule has 0 radical (unpaired) electrons. The van der Waals surface area contributed by atoms with E-state index in [9.17, 15) is 0 Å². The van der Waals surface area contributed by atoms with E-state index in [4.69, 9.17) is 5.84 Å². The fourth-order valence-electron chi connectivity index (χ4n) is 1.54. The Labute approximate surface area is 104 Å². The molecule has 1 aromatic carbocycles. The lowest BCUT2D eigenvalue weighted by atomic mass is 10.1. The maximum atomic E-state index is 5.49. The van der Waals surface area contributed by atoms with Gasteiger partial charge in [0.05, 0.1) is 0 Å². The molecule has 0 aromatic heterocycles. The second-order valence-corrected chi connectivity index (χ2v) is 4.27. The minimum Gasteiger partial charge on any atom is -0.315 e. The average molecular weight is 234 g/mol. The SMILES string of the molecule is CCc1ccc(N(C)C(=NC(C)C)NN)cc1. The number of anilines is 1. The summed E-state index contributed by atoms with van der Waals surface area (Å²) in [6, 6.07) is 8.60. The van der Waals surface area contributed by atoms with Crippen LogP contribution in [0.15, 0.2) is 29.3 Å². The Morgan fingerprint density at radius 3 is 2.35 bits per heavy atom. The number of guanidine groups is 1. The molecule has 0 amide bonds. The summed E-state index contributed by atoms with van der Waals surface area (Å²) in [6.07, 6.45) is 1.05. The van der Waals surface area contributed by atoms with E-state index in [1.807, 2.05) is 25.8 Å². The minimum atomic E-state index is 0.207. The van der Waals surface area contributed by atoms with E-state index in [-0.39, 0.29) is 6.04 Å². The molecule has 0 aliphatic heterocycles. The molecule has 4 nitrogen and oxygen atoms in total. The molecule has 0 unspecified atom stereocenters. The minimum absolute atomic E-state index is 0.207. The van der Waals surface area contributed by atoms with Gasteiger partial charge in [0.2, 0.25) is 5.96 Å². The quantitative estimate of drug-likeness (QED) is 0.363. The molecule has 94 valence electrons. The number of rotatable bonds is 3. The van der Waals surface area contributed by atoms with Crippen molar-refractivity contribution in [3.05, 3.63) is 29.8 Å². The van der Waals surface area contributed by atoms with Crippen molar-refractivity contribution in [3.8, 4) is 0 Å². The number of benzene rings is 1. The zero-order valence-corrected chi connectivity index (χ0v) is 11.1. The molecule has 0 spiro atoms. The van der Waals surface area contributed by atoms with Crippen LogP contribution in [-0.2, 0) is 6.42 Å². The van der Waals surface area contributed by atoms with Crippen LogP contribution in [0.4, 0.5) is 5.69 Å². The Kier molecular flexibility index (Phi) is 4.97. The molecular formula is C13H22N4. The summed E-state index contributed by atoms with van der Waals surface area (Å²) in [5.41, 5.74) is 5.03. The van der Waals surface area contributed by atoms with E-state index in [0.29, 0.717) is 5.96 Å². The first kappa shape index (κ1) is 13.5. The van der Waals surface area contributed by atoms with E-state index in [0.717, 1.165) is 12.1 Å². The molecule has 0 bridgehead atoms. The molecule has 1 rings (SSSR count). The van der Waals surface area contributed by atoms with Crippen molar-refractivity contribution < 1.29 is 0 Å². The summed E-state index contributed by atoms with van der Waals surface area (Å²) in [7, 11) is 1.95. The van der Waals surface area contributed by atoms with Crippen LogP contribution < -0.4 is 16.2 Å². The topological polar surface area (TPSA) is 53.6 Å². The highest BCUT2D eigenvalue weighted by atomic mass is 15.4. The maximum Gasteiger partial charge on any atom is 0.212 e. The molecule has 4 heteroatoms. The Balaban J connectivity index is 2.89. The van der Waals surface area contributed by atoms with Gasteiger partial charge in [0, 0.05) is 18.8 Å². The molecule has 0 aliphatic rings. The van der Waals surface area contributed by atoms with E-state index in [2.05, 4.69) is 41.6 Å². The molecule has 1 aromatic rings. The Morgan fingerprint density at radius 2 is 1.94 bits per heavy atom. The molecule has 0 saturated carbocycles. The molecule has 0 heterocycles. The predicted octanol–water partition coefficient (Wildman–Crippen LogP) is 1.91. The van der Waals surface area contributed by atoms with Gasteiger partial charge < -0.3 is 4.90 Å². The molecular weight excluding hydrogens is 212 g/mol. The largest absolute Gasteiger partial charge is 0.315 e. The lowest BCUT2D eigenvalue weighted by Gasteiger charge is -2.21. The molecule has 0 aliphatic carbocycles. The highest BCUT2D eigenvalue weighted by Gasteiger charge is 2.07. The molecule has 3 N–H and O–H groups in total. The monoisotopic (exact) mass is 234 g/mol. The van der Waals surface area contributed by atoms with Gasteiger partial charge in [-0.15, -0.1) is 0 Å². The van der Waals surface area contributed by atoms with Crippen molar-refractivity contribution in [2.75, 3.05) is 11.9 Å². The van der Waals surface area contributed by atoms with Crippen molar-refractivity contribution in [2.24, 2.45) is 10.8 Å². The standard InChI is InChI=1S/C13H22N4/c1-5-11-6-8-12(9-7-11)17(4)13(16-14)15-10(2)3/h6-10H,5,14H2,1-4H3,(H,15,16). The van der Waals surface area contributed by atoms with Crippen LogP contribution in [0.25, 0.3) is 0 Å². The second kappa shape index (κ2) is 6.25. The highest BCUT2D eigenvalue weighted by molar-refractivity contribution is 5.95. The van der Waals surface area contributed by atoms with Gasteiger partial charge in [-0.05, 0) is 38.0 Å². The summed E-state index contributed by atoms with van der Waals surface area (Å²) in [5.74, 6) is 6.16. The van der Waals surface area contributed by atoms with Crippen molar-refractivity contribution in [1.29, 1.82) is 0 Å². The number of hydrogen-bond donors (Lipinski definition) is 2. The number of hydrazine groups is 1. The summed E-state index contributed by atoms with van der Waals surface area (Å²) < 4.78 is 0. The summed E-state index contributed by atoms with van der Waals surface area (Å²) >= 11 is 0. The van der Waals surface area contributed by atoms with Gasteiger partial charge in [0.25, 0.3) is 0 Å². The number of nitrogens with zero attached hydrogens (tertiary/aromatic N) is 2. The van der Waals surface area contributed by atoms with Crippen molar-refractivity contribution in [2.45, 2.75) is 33.2 Å². The van der Waals surface area contributed by atoms with E-state index in [1.54, 1.807) is 0 Å². The van der Waals surface area contributed by atoms with Crippen LogP contribution in [0, 0.1) is 0 Å². The van der Waals surface area contributed by atoms with Gasteiger partial charge >= 0.3 is 0 Å². The number of nitrogens with one attached hydrogen (secondary N) is 1. The summed E-state index contributed by atoms with van der Waals surface area (Å²) in [5, 5.41) is 0. The summed E-state index contributed by atoms with van der Waals surface area (Å²) in [4.78, 5) is 6.36. The summed E-state index contributed by atoms with van der Waals surface area (Å²) in [6.45, 7) is 6.18. The van der Waals surface area contributed by atoms with E-state index < -0.39 is 0 Å². The lowest BCUT2D eigenvalue weighted by molar-refractivity contribution is 0.809. The van der Waals surface area contributed by atoms with Gasteiger partial charge in [0.15, 0.2) is 0 Å². The van der Waals surface area contributed by atoms with Crippen LogP contribution in [0.1, 0.15) is 26.3 Å². The molecule has 17 heavy (non-hydrogen) atoms. The molecule has 0 saturated heterocycles. The number of aryl methyl sites for hydroxylation is 1. The smallest absolute Gasteiger partial charge is 0.212 e. The van der Waals surface area contributed by atoms with Crippen molar-refractivity contribution >= 4 is 11.6 Å². The third kappa shape index (κ3) is 3.75. The molecule has 0 fully saturated rings. The number of nitrogens with two attached hydrogens (primary N) is 1. The Morgan fingerprint density at radius 1 is 1.35 bits per heavy atom. The van der Waals surface area contributed by atoms with Gasteiger partial charge in [-0.25, -0.2) is 10.8 Å². The van der Waals surface area contributed by atoms with Gasteiger partial charge in [-0.2, -0.15) is 0 Å². The van der Waals surface area contributed by atoms with Crippen molar-refractivity contribution in [3.63, 3.8) is 0 Å².